The predicted octanol–water partition coefficient (Wildman–Crippen LogP) is 1.12. The fraction of sp³-hybridized carbons (Fsp3) is 0.615. The van der Waals surface area contributed by atoms with E-state index in [-0.39, 0.29) is 18.4 Å². The molecular weight excluding hydrogens is 262 g/mol. The fourth-order valence-corrected chi connectivity index (χ4v) is 2.93. The zero-order valence-corrected chi connectivity index (χ0v) is 12.3. The van der Waals surface area contributed by atoms with Crippen molar-refractivity contribution in [3.63, 3.8) is 0 Å². The molecule has 0 spiro atoms. The van der Waals surface area contributed by atoms with E-state index in [4.69, 9.17) is 0 Å². The molecule has 1 saturated heterocycles. The molecule has 1 aromatic heterocycles. The second-order valence-electron chi connectivity index (χ2n) is 5.09. The predicted molar refractivity (Wildman–Crippen MR) is 74.0 cm³/mol. The average Bonchev–Trinajstić information content (AvgIpc) is 2.78. The summed E-state index contributed by atoms with van der Waals surface area (Å²) >= 11 is 1.60. The maximum atomic E-state index is 12.3. The van der Waals surface area contributed by atoms with Gasteiger partial charge in [-0.25, -0.2) is 4.98 Å². The highest BCUT2D eigenvalue weighted by Gasteiger charge is 2.41. The quantitative estimate of drug-likeness (QED) is 0.899. The third kappa shape index (κ3) is 2.94. The van der Waals surface area contributed by atoms with Gasteiger partial charge < -0.3 is 10.2 Å². The molecule has 1 aliphatic rings. The van der Waals surface area contributed by atoms with Gasteiger partial charge in [0.2, 0.25) is 11.8 Å². The van der Waals surface area contributed by atoms with Gasteiger partial charge in [-0.15, -0.1) is 11.3 Å². The summed E-state index contributed by atoms with van der Waals surface area (Å²) in [6.07, 6.45) is 1.31. The third-order valence-corrected chi connectivity index (χ3v) is 4.50. The van der Waals surface area contributed by atoms with Gasteiger partial charge in [0.15, 0.2) is 0 Å². The maximum absolute atomic E-state index is 12.3. The van der Waals surface area contributed by atoms with Crippen LogP contribution in [0.5, 0.6) is 0 Å². The van der Waals surface area contributed by atoms with Crippen molar-refractivity contribution in [2.24, 2.45) is 0 Å². The number of carbonyl (C=O) groups is 2. The van der Waals surface area contributed by atoms with Crippen molar-refractivity contribution >= 4 is 23.2 Å². The summed E-state index contributed by atoms with van der Waals surface area (Å²) < 4.78 is 0. The van der Waals surface area contributed by atoms with Crippen molar-refractivity contribution < 1.29 is 9.59 Å². The molecule has 0 saturated carbocycles. The monoisotopic (exact) mass is 281 g/mol. The largest absolute Gasteiger partial charge is 0.340 e. The zero-order valence-electron chi connectivity index (χ0n) is 11.5. The minimum absolute atomic E-state index is 0.00266. The van der Waals surface area contributed by atoms with Gasteiger partial charge in [0.1, 0.15) is 5.54 Å². The first-order valence-corrected chi connectivity index (χ1v) is 7.34. The van der Waals surface area contributed by atoms with Crippen LogP contribution in [0.1, 0.15) is 31.0 Å². The van der Waals surface area contributed by atoms with Crippen LogP contribution in [0, 0.1) is 6.92 Å². The number of hydrogen-bond donors (Lipinski definition) is 1. The molecule has 5 nitrogen and oxygen atoms in total. The van der Waals surface area contributed by atoms with Crippen LogP contribution in [0.25, 0.3) is 0 Å². The van der Waals surface area contributed by atoms with Crippen molar-refractivity contribution in [1.82, 2.24) is 15.2 Å². The minimum Gasteiger partial charge on any atom is -0.340 e. The van der Waals surface area contributed by atoms with Gasteiger partial charge in [-0.1, -0.05) is 6.92 Å². The molecule has 1 aromatic rings. The van der Waals surface area contributed by atoms with E-state index in [1.807, 2.05) is 19.2 Å². The highest BCUT2D eigenvalue weighted by molar-refractivity contribution is 7.09. The summed E-state index contributed by atoms with van der Waals surface area (Å²) in [4.78, 5) is 30.0. The first-order valence-electron chi connectivity index (χ1n) is 6.46. The Morgan fingerprint density at radius 1 is 1.53 bits per heavy atom. The Kier molecular flexibility index (Phi) is 3.89. The Labute approximate surface area is 117 Å². The number of nitrogens with one attached hydrogen (secondary N) is 1. The number of piperazine rings is 1. The molecule has 1 atom stereocenters. The van der Waals surface area contributed by atoms with E-state index in [1.54, 1.807) is 23.2 Å². The van der Waals surface area contributed by atoms with Gasteiger partial charge in [-0.05, 0) is 20.3 Å². The SMILES string of the molecule is CCC1(C)NC(=O)CN(CCc2nc(C)cs2)C1=O. The molecule has 104 valence electrons. The number of nitrogens with zero attached hydrogens (tertiary/aromatic N) is 2. The van der Waals surface area contributed by atoms with E-state index >= 15 is 0 Å². The van der Waals surface area contributed by atoms with Crippen LogP contribution in [0.2, 0.25) is 0 Å². The van der Waals surface area contributed by atoms with Gasteiger partial charge in [0, 0.05) is 24.0 Å². The Morgan fingerprint density at radius 3 is 2.84 bits per heavy atom. The number of rotatable bonds is 4. The number of carbonyl (C=O) groups excluding carboxylic acids is 2. The molecule has 1 fully saturated rings. The van der Waals surface area contributed by atoms with E-state index in [0.717, 1.165) is 10.7 Å². The van der Waals surface area contributed by atoms with E-state index in [1.165, 1.54) is 0 Å². The smallest absolute Gasteiger partial charge is 0.248 e. The maximum Gasteiger partial charge on any atom is 0.248 e. The normalized spacial score (nSPS) is 23.6. The lowest BCUT2D eigenvalue weighted by atomic mass is 9.94. The fourth-order valence-electron chi connectivity index (χ4n) is 2.16. The molecule has 2 rings (SSSR count). The van der Waals surface area contributed by atoms with Crippen molar-refractivity contribution in [2.45, 2.75) is 39.2 Å². The van der Waals surface area contributed by atoms with Gasteiger partial charge in [0.25, 0.3) is 0 Å². The van der Waals surface area contributed by atoms with Crippen molar-refractivity contribution in [1.29, 1.82) is 0 Å². The molecule has 6 heteroatoms. The zero-order chi connectivity index (χ0) is 14.0. The summed E-state index contributed by atoms with van der Waals surface area (Å²) in [6, 6.07) is 0. The number of hydrogen-bond acceptors (Lipinski definition) is 4. The second kappa shape index (κ2) is 5.28. The Hall–Kier alpha value is -1.43. The second-order valence-corrected chi connectivity index (χ2v) is 6.04. The number of aromatic nitrogens is 1. The highest BCUT2D eigenvalue weighted by Crippen LogP contribution is 2.18. The van der Waals surface area contributed by atoms with Crippen LogP contribution >= 0.6 is 11.3 Å². The lowest BCUT2D eigenvalue weighted by Crippen LogP contribution is -2.65. The van der Waals surface area contributed by atoms with Crippen LogP contribution in [0.3, 0.4) is 0 Å². The van der Waals surface area contributed by atoms with Crippen LogP contribution in [-0.4, -0.2) is 40.3 Å². The lowest BCUT2D eigenvalue weighted by Gasteiger charge is -2.39. The number of amides is 2. The number of thiazole rings is 1. The van der Waals surface area contributed by atoms with Crippen LogP contribution in [-0.2, 0) is 16.0 Å². The lowest BCUT2D eigenvalue weighted by molar-refractivity contribution is -0.149. The molecule has 19 heavy (non-hydrogen) atoms. The Bertz CT molecular complexity index is 500. The molecule has 1 N–H and O–H groups in total. The molecule has 1 aliphatic heterocycles. The molecule has 0 bridgehead atoms. The average molecular weight is 281 g/mol. The van der Waals surface area contributed by atoms with E-state index < -0.39 is 5.54 Å². The van der Waals surface area contributed by atoms with E-state index in [9.17, 15) is 9.59 Å². The highest BCUT2D eigenvalue weighted by atomic mass is 32.1. The van der Waals surface area contributed by atoms with E-state index in [0.29, 0.717) is 19.4 Å². The molecule has 2 heterocycles. The van der Waals surface area contributed by atoms with E-state index in [2.05, 4.69) is 10.3 Å². The standard InChI is InChI=1S/C13H19N3O2S/c1-4-13(3)12(18)16(7-10(17)15-13)6-5-11-14-9(2)8-19-11/h8H,4-7H2,1-3H3,(H,15,17). The van der Waals surface area contributed by atoms with Crippen LogP contribution in [0.15, 0.2) is 5.38 Å². The molecule has 0 aromatic carbocycles. The summed E-state index contributed by atoms with van der Waals surface area (Å²) in [5.74, 6) is -0.0813. The summed E-state index contributed by atoms with van der Waals surface area (Å²) in [5.41, 5.74) is 0.245. The van der Waals surface area contributed by atoms with Gasteiger partial charge in [-0.3, -0.25) is 9.59 Å². The molecule has 1 unspecified atom stereocenters. The first kappa shape index (κ1) is 14.0. The minimum atomic E-state index is -0.756. The van der Waals surface area contributed by atoms with Gasteiger partial charge in [-0.2, -0.15) is 0 Å². The molecule has 2 amide bonds. The van der Waals surface area contributed by atoms with Crippen LogP contribution < -0.4 is 5.32 Å². The summed E-state index contributed by atoms with van der Waals surface area (Å²) in [6.45, 7) is 6.35. The van der Waals surface area contributed by atoms with Crippen molar-refractivity contribution in [3.8, 4) is 0 Å². The first-order chi connectivity index (χ1) is 8.94. The van der Waals surface area contributed by atoms with Gasteiger partial charge in [0.05, 0.1) is 11.6 Å². The topological polar surface area (TPSA) is 62.3 Å². The summed E-state index contributed by atoms with van der Waals surface area (Å²) in [7, 11) is 0. The van der Waals surface area contributed by atoms with Crippen molar-refractivity contribution in [3.05, 3.63) is 16.1 Å². The molecule has 0 radical (unpaired) electrons. The van der Waals surface area contributed by atoms with Crippen molar-refractivity contribution in [2.75, 3.05) is 13.1 Å². The molecule has 0 aliphatic carbocycles. The Morgan fingerprint density at radius 2 is 2.26 bits per heavy atom. The summed E-state index contributed by atoms with van der Waals surface area (Å²) in [5, 5.41) is 5.79. The van der Waals surface area contributed by atoms with Gasteiger partial charge >= 0.3 is 0 Å². The molecular formula is C13H19N3O2S. The Balaban J connectivity index is 2.02. The number of aryl methyl sites for hydroxylation is 1. The third-order valence-electron chi connectivity index (χ3n) is 3.48. The van der Waals surface area contributed by atoms with Crippen LogP contribution in [0.4, 0.5) is 0 Å².